The second-order valence-electron chi connectivity index (χ2n) is 6.03. The highest BCUT2D eigenvalue weighted by molar-refractivity contribution is 6.42. The molecule has 0 unspecified atom stereocenters. The molecule has 1 atom stereocenters. The highest BCUT2D eigenvalue weighted by Crippen LogP contribution is 2.40. The Morgan fingerprint density at radius 2 is 1.96 bits per heavy atom. The Balaban J connectivity index is 2.02. The maximum Gasteiger partial charge on any atom is 0.337 e. The fraction of sp³-hybridized carbons (Fsp3) is 0.158. The summed E-state index contributed by atoms with van der Waals surface area (Å²) in [5, 5.41) is 4.10. The van der Waals surface area contributed by atoms with Crippen LogP contribution in [0.1, 0.15) is 18.5 Å². The summed E-state index contributed by atoms with van der Waals surface area (Å²) in [7, 11) is 1.37. The van der Waals surface area contributed by atoms with Crippen LogP contribution in [0.25, 0.3) is 11.0 Å². The Kier molecular flexibility index (Phi) is 4.13. The molecule has 1 N–H and O–H groups in total. The quantitative estimate of drug-likeness (QED) is 0.641. The molecule has 3 aromatic rings. The second kappa shape index (κ2) is 6.34. The summed E-state index contributed by atoms with van der Waals surface area (Å²) < 4.78 is 7.02. The summed E-state index contributed by atoms with van der Waals surface area (Å²) in [6, 6.07) is 12.7. The van der Waals surface area contributed by atoms with Gasteiger partial charge in [-0.05, 0) is 36.8 Å². The number of fused-ring (bicyclic) bond motifs is 3. The number of ether oxygens (including phenoxy) is 1. The summed E-state index contributed by atoms with van der Waals surface area (Å²) in [6.07, 6.45) is 0. The highest BCUT2D eigenvalue weighted by atomic mass is 35.5. The summed E-state index contributed by atoms with van der Waals surface area (Å²) in [4.78, 5) is 17.2. The second-order valence-corrected chi connectivity index (χ2v) is 6.84. The summed E-state index contributed by atoms with van der Waals surface area (Å²) in [5.74, 6) is 0.252. The molecule has 0 saturated carbocycles. The van der Waals surface area contributed by atoms with E-state index < -0.39 is 12.0 Å². The molecule has 0 spiro atoms. The van der Waals surface area contributed by atoms with E-state index in [1.165, 1.54) is 7.11 Å². The van der Waals surface area contributed by atoms with Crippen molar-refractivity contribution in [3.05, 3.63) is 69.3 Å². The normalized spacial score (nSPS) is 16.4. The van der Waals surface area contributed by atoms with Gasteiger partial charge in [0, 0.05) is 5.70 Å². The monoisotopic (exact) mass is 387 g/mol. The third kappa shape index (κ3) is 2.55. The first kappa shape index (κ1) is 16.9. The number of benzene rings is 2. The average Bonchev–Trinajstić information content (AvgIpc) is 3.00. The van der Waals surface area contributed by atoms with Crippen LogP contribution in [0.5, 0.6) is 0 Å². The van der Waals surface area contributed by atoms with Gasteiger partial charge in [-0.15, -0.1) is 0 Å². The number of carbonyl (C=O) groups is 1. The molecule has 5 nitrogen and oxygen atoms in total. The van der Waals surface area contributed by atoms with E-state index in [0.29, 0.717) is 27.3 Å². The molecule has 132 valence electrons. The van der Waals surface area contributed by atoms with Crippen LogP contribution >= 0.6 is 23.2 Å². The van der Waals surface area contributed by atoms with E-state index in [4.69, 9.17) is 27.9 Å². The minimum atomic E-state index is -0.430. The zero-order valence-corrected chi connectivity index (χ0v) is 15.6. The number of aromatic nitrogens is 2. The number of halogens is 2. The first-order valence-corrected chi connectivity index (χ1v) is 8.75. The summed E-state index contributed by atoms with van der Waals surface area (Å²) in [5.41, 5.74) is 3.75. The van der Waals surface area contributed by atoms with Crippen molar-refractivity contribution in [1.82, 2.24) is 9.55 Å². The molecule has 2 heterocycles. The molecule has 26 heavy (non-hydrogen) atoms. The van der Waals surface area contributed by atoms with Gasteiger partial charge in [0.2, 0.25) is 5.95 Å². The van der Waals surface area contributed by atoms with Gasteiger partial charge in [0.15, 0.2) is 0 Å². The smallest absolute Gasteiger partial charge is 0.337 e. The van der Waals surface area contributed by atoms with E-state index in [-0.39, 0.29) is 0 Å². The fourth-order valence-electron chi connectivity index (χ4n) is 3.34. The predicted molar refractivity (Wildman–Crippen MR) is 103 cm³/mol. The number of carbonyl (C=O) groups excluding carboxylic acids is 1. The van der Waals surface area contributed by atoms with Crippen LogP contribution in [0.2, 0.25) is 10.0 Å². The van der Waals surface area contributed by atoms with Crippen LogP contribution in [0.3, 0.4) is 0 Å². The summed E-state index contributed by atoms with van der Waals surface area (Å²) in [6.45, 7) is 1.83. The van der Waals surface area contributed by atoms with Gasteiger partial charge in [0.05, 0.1) is 39.8 Å². The third-order valence-electron chi connectivity index (χ3n) is 4.50. The molecule has 2 aromatic carbocycles. The van der Waals surface area contributed by atoms with Crippen molar-refractivity contribution < 1.29 is 9.53 Å². The van der Waals surface area contributed by atoms with E-state index in [1.807, 2.05) is 41.8 Å². The number of para-hydroxylation sites is 2. The molecule has 0 aliphatic carbocycles. The zero-order chi connectivity index (χ0) is 18.4. The summed E-state index contributed by atoms with van der Waals surface area (Å²) >= 11 is 12.3. The Labute approximate surface area is 160 Å². The lowest BCUT2D eigenvalue weighted by Crippen LogP contribution is -2.28. The van der Waals surface area contributed by atoms with Crippen molar-refractivity contribution in [2.45, 2.75) is 13.0 Å². The van der Waals surface area contributed by atoms with Gasteiger partial charge in [-0.2, -0.15) is 0 Å². The van der Waals surface area contributed by atoms with E-state index in [9.17, 15) is 4.79 Å². The van der Waals surface area contributed by atoms with Gasteiger partial charge in [-0.25, -0.2) is 9.78 Å². The number of hydrogen-bond donors (Lipinski definition) is 1. The molecule has 0 radical (unpaired) electrons. The lowest BCUT2D eigenvalue weighted by Gasteiger charge is -2.30. The molecule has 1 aliphatic rings. The van der Waals surface area contributed by atoms with Crippen molar-refractivity contribution in [2.75, 3.05) is 12.4 Å². The van der Waals surface area contributed by atoms with Crippen LogP contribution in [-0.2, 0) is 9.53 Å². The minimum absolute atomic E-state index is 0.408. The lowest BCUT2D eigenvalue weighted by molar-refractivity contribution is -0.136. The number of methoxy groups -OCH3 is 1. The molecular formula is C19H15Cl2N3O2. The molecule has 0 bridgehead atoms. The van der Waals surface area contributed by atoms with Gasteiger partial charge in [0.25, 0.3) is 0 Å². The van der Waals surface area contributed by atoms with Crippen LogP contribution < -0.4 is 5.32 Å². The molecular weight excluding hydrogens is 373 g/mol. The molecule has 0 fully saturated rings. The average molecular weight is 388 g/mol. The Morgan fingerprint density at radius 3 is 2.69 bits per heavy atom. The van der Waals surface area contributed by atoms with E-state index in [1.54, 1.807) is 12.1 Å². The third-order valence-corrected chi connectivity index (χ3v) is 5.23. The van der Waals surface area contributed by atoms with E-state index in [2.05, 4.69) is 10.3 Å². The first-order valence-electron chi connectivity index (χ1n) is 7.99. The number of nitrogens with zero attached hydrogens (tertiary/aromatic N) is 2. The molecule has 1 aromatic heterocycles. The maximum absolute atomic E-state index is 12.6. The van der Waals surface area contributed by atoms with Crippen molar-refractivity contribution in [1.29, 1.82) is 0 Å². The van der Waals surface area contributed by atoms with Crippen molar-refractivity contribution in [3.8, 4) is 0 Å². The Morgan fingerprint density at radius 1 is 1.19 bits per heavy atom. The number of anilines is 1. The SMILES string of the molecule is COC(=O)C1=C(C)Nc2nc3ccccc3n2[C@H]1c1ccc(Cl)c(Cl)c1. The van der Waals surface area contributed by atoms with Crippen LogP contribution in [0, 0.1) is 0 Å². The van der Waals surface area contributed by atoms with Crippen molar-refractivity contribution in [2.24, 2.45) is 0 Å². The standard InChI is InChI=1S/C19H15Cl2N3O2/c1-10-16(18(25)26-2)17(11-7-8-12(20)13(21)9-11)24-15-6-4-3-5-14(15)23-19(24)22-10/h3-9,17H,1-2H3,(H,22,23)/t17-/m0/s1. The minimum Gasteiger partial charge on any atom is -0.466 e. The Bertz CT molecular complexity index is 1070. The first-order chi connectivity index (χ1) is 12.5. The number of imidazole rings is 1. The topological polar surface area (TPSA) is 56.1 Å². The fourth-order valence-corrected chi connectivity index (χ4v) is 3.64. The van der Waals surface area contributed by atoms with Crippen LogP contribution in [0.4, 0.5) is 5.95 Å². The maximum atomic E-state index is 12.6. The molecule has 0 amide bonds. The number of allylic oxidation sites excluding steroid dienone is 1. The predicted octanol–water partition coefficient (Wildman–Crippen LogP) is 4.81. The number of rotatable bonds is 2. The highest BCUT2D eigenvalue weighted by Gasteiger charge is 2.34. The van der Waals surface area contributed by atoms with Crippen molar-refractivity contribution >= 4 is 46.2 Å². The zero-order valence-electron chi connectivity index (χ0n) is 14.1. The van der Waals surface area contributed by atoms with Gasteiger partial charge >= 0.3 is 5.97 Å². The Hall–Kier alpha value is -2.50. The molecule has 0 saturated heterocycles. The van der Waals surface area contributed by atoms with Gasteiger partial charge in [-0.1, -0.05) is 41.4 Å². The largest absolute Gasteiger partial charge is 0.466 e. The van der Waals surface area contributed by atoms with Crippen molar-refractivity contribution in [3.63, 3.8) is 0 Å². The molecule has 4 rings (SSSR count). The van der Waals surface area contributed by atoms with E-state index >= 15 is 0 Å². The van der Waals surface area contributed by atoms with E-state index in [0.717, 1.165) is 16.6 Å². The number of esters is 1. The van der Waals surface area contributed by atoms with Gasteiger partial charge in [-0.3, -0.25) is 4.57 Å². The number of nitrogens with one attached hydrogen (secondary N) is 1. The number of hydrogen-bond acceptors (Lipinski definition) is 4. The van der Waals surface area contributed by atoms with Crippen LogP contribution in [-0.4, -0.2) is 22.6 Å². The molecule has 7 heteroatoms. The lowest BCUT2D eigenvalue weighted by atomic mass is 9.95. The molecule has 1 aliphatic heterocycles. The van der Waals surface area contributed by atoms with Crippen LogP contribution in [0.15, 0.2) is 53.7 Å². The van der Waals surface area contributed by atoms with Gasteiger partial charge < -0.3 is 10.1 Å². The van der Waals surface area contributed by atoms with Gasteiger partial charge in [0.1, 0.15) is 0 Å².